The van der Waals surface area contributed by atoms with Crippen LogP contribution in [0.3, 0.4) is 0 Å². The Morgan fingerprint density at radius 3 is 2.50 bits per heavy atom. The highest BCUT2D eigenvalue weighted by atomic mass is 19.1. The first-order chi connectivity index (χ1) is 12.7. The first-order valence-corrected chi connectivity index (χ1v) is 8.33. The van der Waals surface area contributed by atoms with Gasteiger partial charge in [0, 0.05) is 31.7 Å². The Morgan fingerprint density at radius 1 is 0.962 bits per heavy atom. The second kappa shape index (κ2) is 8.71. The number of hydrogen-bond donors (Lipinski definition) is 2. The molecule has 1 amide bonds. The lowest BCUT2D eigenvalue weighted by Gasteiger charge is -2.11. The van der Waals surface area contributed by atoms with E-state index in [4.69, 9.17) is 0 Å². The molecular formula is C20H19FN4O. The minimum Gasteiger partial charge on any atom is -0.365 e. The predicted molar refractivity (Wildman–Crippen MR) is 98.2 cm³/mol. The number of amides is 1. The van der Waals surface area contributed by atoms with Gasteiger partial charge in [-0.3, -0.25) is 9.78 Å². The second-order valence-corrected chi connectivity index (χ2v) is 5.74. The molecule has 1 aromatic carbocycles. The third kappa shape index (κ3) is 4.86. The standard InChI is InChI=1S/C20H19FN4O/c21-17-5-3-15(4-6-17)9-13-24-20(26)18-2-1-10-23-19(18)25-14-16-7-11-22-12-8-16/h1-8,10-12H,9,13-14H2,(H,23,25)(H,24,26). The maximum Gasteiger partial charge on any atom is 0.255 e. The maximum atomic E-state index is 12.9. The summed E-state index contributed by atoms with van der Waals surface area (Å²) >= 11 is 0. The lowest BCUT2D eigenvalue weighted by Crippen LogP contribution is -2.26. The molecule has 0 aliphatic heterocycles. The number of aromatic nitrogens is 2. The van der Waals surface area contributed by atoms with Crippen molar-refractivity contribution < 1.29 is 9.18 Å². The fourth-order valence-corrected chi connectivity index (χ4v) is 2.48. The van der Waals surface area contributed by atoms with Crippen LogP contribution >= 0.6 is 0 Å². The Labute approximate surface area is 151 Å². The van der Waals surface area contributed by atoms with E-state index in [2.05, 4.69) is 20.6 Å². The summed E-state index contributed by atoms with van der Waals surface area (Å²) in [4.78, 5) is 20.7. The fourth-order valence-electron chi connectivity index (χ4n) is 2.48. The number of nitrogens with one attached hydrogen (secondary N) is 2. The van der Waals surface area contributed by atoms with E-state index in [0.29, 0.717) is 30.9 Å². The second-order valence-electron chi connectivity index (χ2n) is 5.74. The van der Waals surface area contributed by atoms with E-state index in [1.807, 2.05) is 12.1 Å². The molecule has 2 N–H and O–H groups in total. The smallest absolute Gasteiger partial charge is 0.255 e. The normalized spacial score (nSPS) is 10.3. The summed E-state index contributed by atoms with van der Waals surface area (Å²) in [7, 11) is 0. The average molecular weight is 350 g/mol. The summed E-state index contributed by atoms with van der Waals surface area (Å²) < 4.78 is 12.9. The first-order valence-electron chi connectivity index (χ1n) is 8.33. The minimum atomic E-state index is -0.266. The molecule has 2 heterocycles. The zero-order valence-corrected chi connectivity index (χ0v) is 14.2. The molecule has 0 saturated heterocycles. The molecule has 26 heavy (non-hydrogen) atoms. The molecule has 0 fully saturated rings. The average Bonchev–Trinajstić information content (AvgIpc) is 2.69. The van der Waals surface area contributed by atoms with Crippen molar-refractivity contribution in [3.63, 3.8) is 0 Å². The van der Waals surface area contributed by atoms with Crippen LogP contribution in [0.1, 0.15) is 21.5 Å². The SMILES string of the molecule is O=C(NCCc1ccc(F)cc1)c1cccnc1NCc1ccncc1. The highest BCUT2D eigenvalue weighted by Gasteiger charge is 2.11. The number of anilines is 1. The zero-order valence-electron chi connectivity index (χ0n) is 14.2. The van der Waals surface area contributed by atoms with Crippen molar-refractivity contribution in [1.29, 1.82) is 0 Å². The monoisotopic (exact) mass is 350 g/mol. The van der Waals surface area contributed by atoms with E-state index in [-0.39, 0.29) is 11.7 Å². The Hall–Kier alpha value is -3.28. The van der Waals surface area contributed by atoms with Gasteiger partial charge in [-0.05, 0) is 53.9 Å². The number of hydrogen-bond acceptors (Lipinski definition) is 4. The molecule has 0 radical (unpaired) electrons. The van der Waals surface area contributed by atoms with E-state index >= 15 is 0 Å². The van der Waals surface area contributed by atoms with Gasteiger partial charge in [-0.15, -0.1) is 0 Å². The van der Waals surface area contributed by atoms with Crippen molar-refractivity contribution in [2.75, 3.05) is 11.9 Å². The number of pyridine rings is 2. The molecule has 0 unspecified atom stereocenters. The molecule has 3 aromatic rings. The number of halogens is 1. The minimum absolute atomic E-state index is 0.197. The third-order valence-corrected chi connectivity index (χ3v) is 3.87. The molecule has 6 heteroatoms. The van der Waals surface area contributed by atoms with Crippen LogP contribution in [0.25, 0.3) is 0 Å². The highest BCUT2D eigenvalue weighted by molar-refractivity contribution is 5.98. The Balaban J connectivity index is 1.57. The van der Waals surface area contributed by atoms with Crippen LogP contribution in [-0.2, 0) is 13.0 Å². The summed E-state index contributed by atoms with van der Waals surface area (Å²) in [5, 5.41) is 6.06. The lowest BCUT2D eigenvalue weighted by atomic mass is 10.1. The summed E-state index contributed by atoms with van der Waals surface area (Å²) in [6, 6.07) is 13.5. The van der Waals surface area contributed by atoms with Crippen molar-refractivity contribution in [2.45, 2.75) is 13.0 Å². The molecule has 0 spiro atoms. The van der Waals surface area contributed by atoms with Crippen LogP contribution in [0.4, 0.5) is 10.2 Å². The van der Waals surface area contributed by atoms with Gasteiger partial charge in [0.2, 0.25) is 0 Å². The number of benzene rings is 1. The van der Waals surface area contributed by atoms with Gasteiger partial charge in [-0.1, -0.05) is 12.1 Å². The molecule has 2 aromatic heterocycles. The largest absolute Gasteiger partial charge is 0.365 e. The maximum absolute atomic E-state index is 12.9. The van der Waals surface area contributed by atoms with Crippen LogP contribution in [0.2, 0.25) is 0 Å². The molecule has 5 nitrogen and oxygen atoms in total. The molecule has 0 aliphatic carbocycles. The molecule has 132 valence electrons. The van der Waals surface area contributed by atoms with E-state index in [9.17, 15) is 9.18 Å². The van der Waals surface area contributed by atoms with Crippen LogP contribution in [-0.4, -0.2) is 22.4 Å². The molecule has 0 saturated carbocycles. The molecule has 0 aliphatic rings. The Kier molecular flexibility index (Phi) is 5.88. The molecule has 3 rings (SSSR count). The summed E-state index contributed by atoms with van der Waals surface area (Å²) in [6.07, 6.45) is 5.72. The predicted octanol–water partition coefficient (Wildman–Crippen LogP) is 3.20. The lowest BCUT2D eigenvalue weighted by molar-refractivity contribution is 0.0954. The van der Waals surface area contributed by atoms with Crippen LogP contribution in [0, 0.1) is 5.82 Å². The number of nitrogens with zero attached hydrogens (tertiary/aromatic N) is 2. The van der Waals surface area contributed by atoms with Crippen LogP contribution in [0.5, 0.6) is 0 Å². The topological polar surface area (TPSA) is 66.9 Å². The number of carbonyl (C=O) groups excluding carboxylic acids is 1. The zero-order chi connectivity index (χ0) is 18.2. The van der Waals surface area contributed by atoms with Gasteiger partial charge in [0.1, 0.15) is 11.6 Å². The quantitative estimate of drug-likeness (QED) is 0.687. The summed E-state index contributed by atoms with van der Waals surface area (Å²) in [5.41, 5.74) is 2.50. The van der Waals surface area contributed by atoms with Crippen molar-refractivity contribution >= 4 is 11.7 Å². The number of rotatable bonds is 7. The van der Waals surface area contributed by atoms with Gasteiger partial charge in [0.25, 0.3) is 5.91 Å². The summed E-state index contributed by atoms with van der Waals surface area (Å²) in [6.45, 7) is 1.01. The van der Waals surface area contributed by atoms with E-state index < -0.39 is 0 Å². The Bertz CT molecular complexity index is 853. The fraction of sp³-hybridized carbons (Fsp3) is 0.150. The molecule has 0 atom stereocenters. The van der Waals surface area contributed by atoms with Gasteiger partial charge >= 0.3 is 0 Å². The molecular weight excluding hydrogens is 331 g/mol. The van der Waals surface area contributed by atoms with Crippen LogP contribution < -0.4 is 10.6 Å². The van der Waals surface area contributed by atoms with Crippen molar-refractivity contribution in [2.24, 2.45) is 0 Å². The molecule has 0 bridgehead atoms. The van der Waals surface area contributed by atoms with Crippen molar-refractivity contribution in [1.82, 2.24) is 15.3 Å². The van der Waals surface area contributed by atoms with Gasteiger partial charge in [-0.25, -0.2) is 9.37 Å². The van der Waals surface area contributed by atoms with Crippen LogP contribution in [0.15, 0.2) is 67.1 Å². The van der Waals surface area contributed by atoms with Gasteiger partial charge in [-0.2, -0.15) is 0 Å². The van der Waals surface area contributed by atoms with Gasteiger partial charge in [0.15, 0.2) is 0 Å². The first kappa shape index (κ1) is 17.5. The van der Waals surface area contributed by atoms with Crippen molar-refractivity contribution in [3.05, 3.63) is 89.6 Å². The van der Waals surface area contributed by atoms with E-state index in [0.717, 1.165) is 11.1 Å². The van der Waals surface area contributed by atoms with Gasteiger partial charge < -0.3 is 10.6 Å². The number of carbonyl (C=O) groups is 1. The summed E-state index contributed by atoms with van der Waals surface area (Å²) in [5.74, 6) is 0.0686. The highest BCUT2D eigenvalue weighted by Crippen LogP contribution is 2.13. The Morgan fingerprint density at radius 2 is 1.73 bits per heavy atom. The van der Waals surface area contributed by atoms with E-state index in [1.165, 1.54) is 12.1 Å². The third-order valence-electron chi connectivity index (χ3n) is 3.87. The van der Waals surface area contributed by atoms with Gasteiger partial charge in [0.05, 0.1) is 5.56 Å². The van der Waals surface area contributed by atoms with E-state index in [1.54, 1.807) is 42.9 Å². The van der Waals surface area contributed by atoms with Crippen molar-refractivity contribution in [3.8, 4) is 0 Å².